The van der Waals surface area contributed by atoms with E-state index in [-0.39, 0.29) is 0 Å². The van der Waals surface area contributed by atoms with Crippen molar-refractivity contribution in [3.8, 4) is 0 Å². The first-order chi connectivity index (χ1) is 8.20. The van der Waals surface area contributed by atoms with E-state index < -0.39 is 0 Å². The molecule has 88 valence electrons. The Morgan fingerprint density at radius 3 is 2.06 bits per heavy atom. The highest BCUT2D eigenvalue weighted by atomic mass is 15.2. The number of rotatable bonds is 3. The zero-order valence-corrected chi connectivity index (χ0v) is 10.3. The second-order valence-corrected chi connectivity index (χ2v) is 4.36. The summed E-state index contributed by atoms with van der Waals surface area (Å²) >= 11 is 0. The Hall–Kier alpha value is -1.96. The third kappa shape index (κ3) is 2.41. The zero-order chi connectivity index (χ0) is 12.3. The lowest BCUT2D eigenvalue weighted by Gasteiger charge is -2.30. The lowest BCUT2D eigenvalue weighted by molar-refractivity contribution is 0.790. The normalized spacial score (nSPS) is 10.5. The Bertz CT molecular complexity index is 477. The van der Waals surface area contributed by atoms with Crippen LogP contribution in [0.2, 0.25) is 0 Å². The number of nitrogens with two attached hydrogens (primary N) is 1. The fourth-order valence-electron chi connectivity index (χ4n) is 2.01. The van der Waals surface area contributed by atoms with Crippen LogP contribution in [0.3, 0.4) is 0 Å². The van der Waals surface area contributed by atoms with Gasteiger partial charge >= 0.3 is 0 Å². The molecule has 0 bridgehead atoms. The molecule has 0 saturated heterocycles. The summed E-state index contributed by atoms with van der Waals surface area (Å²) in [5, 5.41) is 0. The van der Waals surface area contributed by atoms with Gasteiger partial charge in [0.2, 0.25) is 0 Å². The summed E-state index contributed by atoms with van der Waals surface area (Å²) in [7, 11) is 0. The molecule has 0 fully saturated rings. The van der Waals surface area contributed by atoms with Crippen molar-refractivity contribution in [2.75, 3.05) is 10.6 Å². The maximum atomic E-state index is 6.05. The van der Waals surface area contributed by atoms with Crippen LogP contribution < -0.4 is 10.6 Å². The molecule has 0 aromatic heterocycles. The first kappa shape index (κ1) is 11.5. The van der Waals surface area contributed by atoms with Crippen LogP contribution in [0.1, 0.15) is 13.8 Å². The molecule has 0 heterocycles. The molecule has 2 aromatic rings. The molecule has 0 atom stereocenters. The first-order valence-electron chi connectivity index (χ1n) is 5.89. The van der Waals surface area contributed by atoms with E-state index >= 15 is 0 Å². The molecule has 0 aliphatic carbocycles. The van der Waals surface area contributed by atoms with E-state index in [9.17, 15) is 0 Å². The van der Waals surface area contributed by atoms with Gasteiger partial charge in [0.1, 0.15) is 0 Å². The van der Waals surface area contributed by atoms with Crippen molar-refractivity contribution in [2.45, 2.75) is 19.9 Å². The first-order valence-corrected chi connectivity index (χ1v) is 5.89. The van der Waals surface area contributed by atoms with Gasteiger partial charge in [0, 0.05) is 11.7 Å². The highest BCUT2D eigenvalue weighted by Crippen LogP contribution is 2.31. The molecule has 2 heteroatoms. The minimum Gasteiger partial charge on any atom is -0.397 e. The Morgan fingerprint density at radius 2 is 1.47 bits per heavy atom. The van der Waals surface area contributed by atoms with Crippen LogP contribution in [0, 0.1) is 0 Å². The van der Waals surface area contributed by atoms with Crippen LogP contribution in [0.4, 0.5) is 17.1 Å². The van der Waals surface area contributed by atoms with Crippen LogP contribution in [-0.2, 0) is 0 Å². The minimum absolute atomic E-state index is 0.363. The molecule has 17 heavy (non-hydrogen) atoms. The second kappa shape index (κ2) is 4.91. The van der Waals surface area contributed by atoms with Crippen LogP contribution in [0.15, 0.2) is 54.6 Å². The van der Waals surface area contributed by atoms with Crippen molar-refractivity contribution in [2.24, 2.45) is 0 Å². The van der Waals surface area contributed by atoms with E-state index in [1.807, 2.05) is 36.4 Å². The fourth-order valence-corrected chi connectivity index (χ4v) is 2.01. The average Bonchev–Trinajstić information content (AvgIpc) is 2.33. The predicted octanol–water partition coefficient (Wildman–Crippen LogP) is 3.82. The monoisotopic (exact) mass is 226 g/mol. The molecule has 0 saturated carbocycles. The molecule has 0 unspecified atom stereocenters. The molecule has 0 aliphatic heterocycles. The zero-order valence-electron chi connectivity index (χ0n) is 10.3. The van der Waals surface area contributed by atoms with Gasteiger partial charge in [-0.15, -0.1) is 0 Å². The molecule has 0 aliphatic rings. The van der Waals surface area contributed by atoms with Crippen LogP contribution in [0.5, 0.6) is 0 Å². The van der Waals surface area contributed by atoms with Crippen LogP contribution in [-0.4, -0.2) is 6.04 Å². The standard InChI is InChI=1S/C15H18N2/c1-12(2)17(13-8-4-3-5-9-13)15-11-7-6-10-14(15)16/h3-12H,16H2,1-2H3. The number of hydrogen-bond donors (Lipinski definition) is 1. The molecule has 0 amide bonds. The van der Waals surface area contributed by atoms with Crippen LogP contribution >= 0.6 is 0 Å². The lowest BCUT2D eigenvalue weighted by atomic mass is 10.1. The summed E-state index contributed by atoms with van der Waals surface area (Å²) in [6.45, 7) is 4.33. The van der Waals surface area contributed by atoms with Crippen molar-refractivity contribution in [1.29, 1.82) is 0 Å². The van der Waals surface area contributed by atoms with Gasteiger partial charge < -0.3 is 10.6 Å². The van der Waals surface area contributed by atoms with Crippen molar-refractivity contribution in [3.63, 3.8) is 0 Å². The Morgan fingerprint density at radius 1 is 0.882 bits per heavy atom. The second-order valence-electron chi connectivity index (χ2n) is 4.36. The summed E-state index contributed by atoms with van der Waals surface area (Å²) in [6.07, 6.45) is 0. The van der Waals surface area contributed by atoms with E-state index in [0.29, 0.717) is 6.04 Å². The van der Waals surface area contributed by atoms with Gasteiger partial charge in [-0.05, 0) is 38.1 Å². The number of benzene rings is 2. The SMILES string of the molecule is CC(C)N(c1ccccc1)c1ccccc1N. The van der Waals surface area contributed by atoms with Gasteiger partial charge in [-0.2, -0.15) is 0 Å². The van der Waals surface area contributed by atoms with Gasteiger partial charge in [-0.1, -0.05) is 30.3 Å². The van der Waals surface area contributed by atoms with Gasteiger partial charge in [0.15, 0.2) is 0 Å². The van der Waals surface area contributed by atoms with E-state index in [1.54, 1.807) is 0 Å². The molecular weight excluding hydrogens is 208 g/mol. The van der Waals surface area contributed by atoms with Crippen LogP contribution in [0.25, 0.3) is 0 Å². The number of hydrogen-bond acceptors (Lipinski definition) is 2. The summed E-state index contributed by atoms with van der Waals surface area (Å²) in [5.41, 5.74) is 9.10. The average molecular weight is 226 g/mol. The number of para-hydroxylation sites is 3. The van der Waals surface area contributed by atoms with E-state index in [1.165, 1.54) is 5.69 Å². The fraction of sp³-hybridized carbons (Fsp3) is 0.200. The predicted molar refractivity (Wildman–Crippen MR) is 74.6 cm³/mol. The maximum absolute atomic E-state index is 6.05. The summed E-state index contributed by atoms with van der Waals surface area (Å²) < 4.78 is 0. The highest BCUT2D eigenvalue weighted by molar-refractivity contribution is 5.75. The Kier molecular flexibility index (Phi) is 3.33. The summed E-state index contributed by atoms with van der Waals surface area (Å²) in [5.74, 6) is 0. The van der Waals surface area contributed by atoms with Gasteiger partial charge in [-0.3, -0.25) is 0 Å². The Labute approximate surface area is 103 Å². The molecule has 0 radical (unpaired) electrons. The number of nitrogen functional groups attached to an aromatic ring is 1. The van der Waals surface area contributed by atoms with Gasteiger partial charge in [0.25, 0.3) is 0 Å². The lowest BCUT2D eigenvalue weighted by Crippen LogP contribution is -2.26. The van der Waals surface area contributed by atoms with E-state index in [2.05, 4.69) is 36.9 Å². The summed E-state index contributed by atoms with van der Waals surface area (Å²) in [6, 6.07) is 18.7. The molecule has 2 nitrogen and oxygen atoms in total. The molecular formula is C15H18N2. The van der Waals surface area contributed by atoms with Gasteiger partial charge in [0.05, 0.1) is 11.4 Å². The number of anilines is 3. The van der Waals surface area contributed by atoms with Crippen molar-refractivity contribution in [1.82, 2.24) is 0 Å². The van der Waals surface area contributed by atoms with Crippen molar-refractivity contribution < 1.29 is 0 Å². The molecule has 0 spiro atoms. The van der Waals surface area contributed by atoms with E-state index in [0.717, 1.165) is 11.4 Å². The maximum Gasteiger partial charge on any atom is 0.0646 e. The van der Waals surface area contributed by atoms with Crippen molar-refractivity contribution in [3.05, 3.63) is 54.6 Å². The molecule has 2 rings (SSSR count). The minimum atomic E-state index is 0.363. The third-order valence-electron chi connectivity index (χ3n) is 2.75. The smallest absolute Gasteiger partial charge is 0.0646 e. The number of nitrogens with zero attached hydrogens (tertiary/aromatic N) is 1. The highest BCUT2D eigenvalue weighted by Gasteiger charge is 2.14. The van der Waals surface area contributed by atoms with Gasteiger partial charge in [-0.25, -0.2) is 0 Å². The van der Waals surface area contributed by atoms with Crippen molar-refractivity contribution >= 4 is 17.1 Å². The molecule has 2 aromatic carbocycles. The summed E-state index contributed by atoms with van der Waals surface area (Å²) in [4.78, 5) is 2.25. The Balaban J connectivity index is 2.47. The third-order valence-corrected chi connectivity index (χ3v) is 2.75. The largest absolute Gasteiger partial charge is 0.397 e. The van der Waals surface area contributed by atoms with E-state index in [4.69, 9.17) is 5.73 Å². The molecule has 2 N–H and O–H groups in total. The topological polar surface area (TPSA) is 29.3 Å². The quantitative estimate of drug-likeness (QED) is 0.806.